The van der Waals surface area contributed by atoms with E-state index in [1.807, 2.05) is 65.6 Å². The molecule has 2 N–H and O–H groups in total. The van der Waals surface area contributed by atoms with Gasteiger partial charge in [-0.25, -0.2) is 4.79 Å². The lowest BCUT2D eigenvalue weighted by Gasteiger charge is -2.45. The van der Waals surface area contributed by atoms with Gasteiger partial charge in [0.05, 0.1) is 12.2 Å². The number of nitrogens with zero attached hydrogens (tertiary/aromatic N) is 1. The van der Waals surface area contributed by atoms with Gasteiger partial charge < -0.3 is 15.0 Å². The van der Waals surface area contributed by atoms with Crippen LogP contribution in [-0.2, 0) is 32.8 Å². The summed E-state index contributed by atoms with van der Waals surface area (Å²) in [6.45, 7) is 2.39. The van der Waals surface area contributed by atoms with Crippen molar-refractivity contribution < 1.29 is 19.1 Å². The van der Waals surface area contributed by atoms with Gasteiger partial charge in [-0.3, -0.25) is 14.9 Å². The first-order chi connectivity index (χ1) is 18.8. The Bertz CT molecular complexity index is 1360. The number of amides is 3. The smallest absolute Gasteiger partial charge is 0.412 e. The molecule has 2 atom stereocenters. The van der Waals surface area contributed by atoms with Crippen LogP contribution in [0.5, 0.6) is 0 Å². The number of halogens is 1. The first-order valence-electron chi connectivity index (χ1n) is 13.3. The van der Waals surface area contributed by atoms with Crippen molar-refractivity contribution in [3.63, 3.8) is 0 Å². The Morgan fingerprint density at radius 1 is 1.08 bits per heavy atom. The standard InChI is InChI=1S/C31H32ClN3O4/c1-21(36)33-26-13-9-22(10-14-26)8-11-24(18-23-6-3-2-4-7-23)29(37)35-17-5-16-31(20-35)27-19-25(32)12-15-28(27)34-30(38)39-31/h2-4,6-7,9-10,12-15,19,24H,5,8,11,16-18,20H2,1H3,(H,33,36)(H,34,38)/t24-,31-/m0/s1. The zero-order chi connectivity index (χ0) is 27.4. The SMILES string of the molecule is CC(=O)Nc1ccc(CC[C@@H](Cc2ccccc2)C(=O)N2CCC[C@@]3(C2)OC(=O)Nc2ccc(Cl)cc23)cc1. The molecule has 7 nitrogen and oxygen atoms in total. The summed E-state index contributed by atoms with van der Waals surface area (Å²) >= 11 is 6.32. The number of aryl methyl sites for hydroxylation is 1. The third kappa shape index (κ3) is 6.25. The van der Waals surface area contributed by atoms with Crippen molar-refractivity contribution >= 4 is 40.9 Å². The highest BCUT2D eigenvalue weighted by Gasteiger charge is 2.47. The van der Waals surface area contributed by atoms with Gasteiger partial charge in [0.2, 0.25) is 11.8 Å². The van der Waals surface area contributed by atoms with E-state index < -0.39 is 11.7 Å². The maximum absolute atomic E-state index is 14.1. The molecule has 0 aromatic heterocycles. The van der Waals surface area contributed by atoms with Crippen LogP contribution in [-0.4, -0.2) is 35.9 Å². The Morgan fingerprint density at radius 3 is 2.59 bits per heavy atom. The van der Waals surface area contributed by atoms with Crippen LogP contribution in [0.3, 0.4) is 0 Å². The summed E-state index contributed by atoms with van der Waals surface area (Å²) in [5, 5.41) is 6.11. The maximum Gasteiger partial charge on any atom is 0.412 e. The van der Waals surface area contributed by atoms with E-state index in [-0.39, 0.29) is 17.7 Å². The highest BCUT2D eigenvalue weighted by molar-refractivity contribution is 6.30. The van der Waals surface area contributed by atoms with Crippen molar-refractivity contribution in [2.45, 2.75) is 44.6 Å². The number of carbonyl (C=O) groups excluding carboxylic acids is 3. The van der Waals surface area contributed by atoms with E-state index >= 15 is 0 Å². The van der Waals surface area contributed by atoms with Crippen molar-refractivity contribution in [3.8, 4) is 0 Å². The van der Waals surface area contributed by atoms with Gasteiger partial charge in [-0.1, -0.05) is 54.1 Å². The lowest BCUT2D eigenvalue weighted by Crippen LogP contribution is -2.54. The fourth-order valence-electron chi connectivity index (χ4n) is 5.65. The second kappa shape index (κ2) is 11.5. The predicted octanol–water partition coefficient (Wildman–Crippen LogP) is 6.17. The number of likely N-dealkylation sites (tertiary alicyclic amines) is 1. The van der Waals surface area contributed by atoms with Crippen LogP contribution in [0.4, 0.5) is 16.2 Å². The van der Waals surface area contributed by atoms with E-state index in [4.69, 9.17) is 16.3 Å². The summed E-state index contributed by atoms with van der Waals surface area (Å²) in [4.78, 5) is 39.8. The summed E-state index contributed by atoms with van der Waals surface area (Å²) in [5.74, 6) is -0.292. The number of benzene rings is 3. The molecule has 2 heterocycles. The van der Waals surface area contributed by atoms with Gasteiger partial charge in [-0.15, -0.1) is 0 Å². The molecule has 1 spiro atoms. The molecule has 1 fully saturated rings. The molecule has 3 amide bonds. The third-order valence-corrected chi connectivity index (χ3v) is 7.73. The highest BCUT2D eigenvalue weighted by atomic mass is 35.5. The number of hydrogen-bond donors (Lipinski definition) is 2. The zero-order valence-electron chi connectivity index (χ0n) is 21.9. The van der Waals surface area contributed by atoms with E-state index in [2.05, 4.69) is 10.6 Å². The number of nitrogens with one attached hydrogen (secondary N) is 2. The molecule has 202 valence electrons. The lowest BCUT2D eigenvalue weighted by atomic mass is 9.82. The Balaban J connectivity index is 1.36. The summed E-state index contributed by atoms with van der Waals surface area (Å²) in [5.41, 5.74) is 3.51. The van der Waals surface area contributed by atoms with Gasteiger partial charge >= 0.3 is 6.09 Å². The van der Waals surface area contributed by atoms with Crippen LogP contribution in [0, 0.1) is 5.92 Å². The quantitative estimate of drug-likeness (QED) is 0.371. The number of carbonyl (C=O) groups is 3. The summed E-state index contributed by atoms with van der Waals surface area (Å²) < 4.78 is 5.91. The van der Waals surface area contributed by atoms with E-state index in [1.54, 1.807) is 12.1 Å². The largest absolute Gasteiger partial charge is 0.436 e. The molecule has 0 radical (unpaired) electrons. The van der Waals surface area contributed by atoms with Gasteiger partial charge in [-0.2, -0.15) is 0 Å². The first kappa shape index (κ1) is 26.8. The van der Waals surface area contributed by atoms with Gasteiger partial charge in [0.25, 0.3) is 0 Å². The average Bonchev–Trinajstić information content (AvgIpc) is 2.92. The monoisotopic (exact) mass is 545 g/mol. The molecule has 0 unspecified atom stereocenters. The van der Waals surface area contributed by atoms with Gasteiger partial charge in [-0.05, 0) is 73.6 Å². The second-order valence-electron chi connectivity index (χ2n) is 10.4. The molecule has 39 heavy (non-hydrogen) atoms. The molecule has 0 saturated carbocycles. The Hall–Kier alpha value is -3.84. The van der Waals surface area contributed by atoms with Crippen molar-refractivity contribution in [3.05, 3.63) is 94.5 Å². The number of ether oxygens (including phenoxy) is 1. The molecule has 2 aliphatic heterocycles. The van der Waals surface area contributed by atoms with Gasteiger partial charge in [0.1, 0.15) is 0 Å². The molecule has 8 heteroatoms. The normalized spacial score (nSPS) is 19.0. The van der Waals surface area contributed by atoms with Crippen molar-refractivity contribution in [2.24, 2.45) is 5.92 Å². The van der Waals surface area contributed by atoms with Crippen molar-refractivity contribution in [2.75, 3.05) is 23.7 Å². The van der Waals surface area contributed by atoms with Crippen molar-refractivity contribution in [1.29, 1.82) is 0 Å². The molecular weight excluding hydrogens is 514 g/mol. The van der Waals surface area contributed by atoms with Crippen LogP contribution >= 0.6 is 11.6 Å². The minimum atomic E-state index is -0.923. The summed E-state index contributed by atoms with van der Waals surface area (Å²) in [6, 6.07) is 23.1. The average molecular weight is 546 g/mol. The Kier molecular flexibility index (Phi) is 7.89. The Morgan fingerprint density at radius 2 is 1.85 bits per heavy atom. The summed E-state index contributed by atoms with van der Waals surface area (Å²) in [6.07, 6.45) is 2.84. The number of piperidine rings is 1. The highest BCUT2D eigenvalue weighted by Crippen LogP contribution is 2.43. The predicted molar refractivity (Wildman–Crippen MR) is 152 cm³/mol. The number of fused-ring (bicyclic) bond motifs is 2. The molecule has 3 aromatic rings. The molecule has 1 saturated heterocycles. The zero-order valence-corrected chi connectivity index (χ0v) is 22.7. The topological polar surface area (TPSA) is 87.7 Å². The van der Waals surface area contributed by atoms with Crippen LogP contribution in [0.2, 0.25) is 5.02 Å². The molecule has 3 aromatic carbocycles. The fraction of sp³-hybridized carbons (Fsp3) is 0.323. The Labute approximate surface area is 233 Å². The number of rotatable bonds is 7. The van der Waals surface area contributed by atoms with Gasteiger partial charge in [0, 0.05) is 35.7 Å². The van der Waals surface area contributed by atoms with Gasteiger partial charge in [0.15, 0.2) is 5.60 Å². The lowest BCUT2D eigenvalue weighted by molar-refractivity contribution is -0.143. The van der Waals surface area contributed by atoms with E-state index in [0.717, 1.165) is 28.8 Å². The molecule has 0 aliphatic carbocycles. The van der Waals surface area contributed by atoms with E-state index in [1.165, 1.54) is 6.92 Å². The van der Waals surface area contributed by atoms with Crippen LogP contribution in [0.15, 0.2) is 72.8 Å². The molecule has 0 bridgehead atoms. The van der Waals surface area contributed by atoms with Crippen LogP contribution in [0.1, 0.15) is 42.9 Å². The number of hydrogen-bond acceptors (Lipinski definition) is 4. The molecular formula is C31H32ClN3O4. The maximum atomic E-state index is 14.1. The minimum absolute atomic E-state index is 0.0611. The van der Waals surface area contributed by atoms with E-state index in [9.17, 15) is 14.4 Å². The third-order valence-electron chi connectivity index (χ3n) is 7.49. The molecule has 2 aliphatic rings. The second-order valence-corrected chi connectivity index (χ2v) is 10.8. The number of anilines is 2. The minimum Gasteiger partial charge on any atom is -0.436 e. The fourth-order valence-corrected chi connectivity index (χ4v) is 5.82. The first-order valence-corrected chi connectivity index (χ1v) is 13.7. The van der Waals surface area contributed by atoms with Crippen molar-refractivity contribution in [1.82, 2.24) is 4.90 Å². The summed E-state index contributed by atoms with van der Waals surface area (Å²) in [7, 11) is 0. The van der Waals surface area contributed by atoms with E-state index in [0.29, 0.717) is 49.5 Å². The van der Waals surface area contributed by atoms with Crippen LogP contribution < -0.4 is 10.6 Å². The van der Waals surface area contributed by atoms with Crippen LogP contribution in [0.25, 0.3) is 0 Å². The molecule has 5 rings (SSSR count).